The smallest absolute Gasteiger partial charge is 0.241 e. The molecule has 1 N–H and O–H groups in total. The fourth-order valence-corrected chi connectivity index (χ4v) is 1.90. The maximum absolute atomic E-state index is 11.7. The number of ether oxygens (including phenoxy) is 1. The molecule has 1 heterocycles. The molecule has 0 fully saturated rings. The zero-order valence-corrected chi connectivity index (χ0v) is 11.5. The Kier molecular flexibility index (Phi) is 4.65. The Balaban J connectivity index is 1.83. The average Bonchev–Trinajstić information content (AvgIpc) is 2.92. The van der Waals surface area contributed by atoms with Crippen molar-refractivity contribution in [1.82, 2.24) is 25.5 Å². The molecule has 0 unspecified atom stereocenters. The molecule has 20 heavy (non-hydrogen) atoms. The number of rotatable bonds is 6. The fourth-order valence-electron chi connectivity index (χ4n) is 1.90. The Morgan fingerprint density at radius 1 is 1.45 bits per heavy atom. The Morgan fingerprint density at radius 2 is 2.30 bits per heavy atom. The van der Waals surface area contributed by atoms with Crippen molar-refractivity contribution in [1.29, 1.82) is 0 Å². The summed E-state index contributed by atoms with van der Waals surface area (Å²) in [6, 6.07) is 6.00. The number of amides is 1. The number of tetrazole rings is 1. The molecule has 2 aromatic rings. The van der Waals surface area contributed by atoms with Crippen LogP contribution in [0.5, 0.6) is 5.75 Å². The normalized spacial score (nSPS) is 10.3. The molecule has 0 radical (unpaired) electrons. The molecule has 0 aliphatic heterocycles. The minimum atomic E-state index is -0.121. The highest BCUT2D eigenvalue weighted by Crippen LogP contribution is 2.19. The van der Waals surface area contributed by atoms with E-state index < -0.39 is 0 Å². The summed E-state index contributed by atoms with van der Waals surface area (Å²) in [5.41, 5.74) is 2.25. The summed E-state index contributed by atoms with van der Waals surface area (Å²) in [7, 11) is 1.64. The molecule has 1 amide bonds. The molecule has 106 valence electrons. The van der Waals surface area contributed by atoms with Crippen molar-refractivity contribution in [2.24, 2.45) is 0 Å². The maximum Gasteiger partial charge on any atom is 0.241 e. The fraction of sp³-hybridized carbons (Fsp3) is 0.385. The van der Waals surface area contributed by atoms with Crippen molar-refractivity contribution in [3.63, 3.8) is 0 Å². The van der Waals surface area contributed by atoms with Gasteiger partial charge >= 0.3 is 0 Å². The van der Waals surface area contributed by atoms with Crippen molar-refractivity contribution in [3.05, 3.63) is 35.7 Å². The number of benzene rings is 1. The van der Waals surface area contributed by atoms with Gasteiger partial charge in [-0.2, -0.15) is 0 Å². The van der Waals surface area contributed by atoms with Gasteiger partial charge in [0.2, 0.25) is 5.91 Å². The van der Waals surface area contributed by atoms with Crippen LogP contribution in [-0.2, 0) is 17.8 Å². The van der Waals surface area contributed by atoms with Crippen LogP contribution >= 0.6 is 0 Å². The highest BCUT2D eigenvalue weighted by atomic mass is 16.5. The van der Waals surface area contributed by atoms with Crippen molar-refractivity contribution < 1.29 is 9.53 Å². The third kappa shape index (κ3) is 3.78. The van der Waals surface area contributed by atoms with Crippen molar-refractivity contribution in [3.8, 4) is 5.75 Å². The van der Waals surface area contributed by atoms with Crippen LogP contribution in [0.25, 0.3) is 0 Å². The Hall–Kier alpha value is -2.44. The number of carbonyl (C=O) groups is 1. The summed E-state index contributed by atoms with van der Waals surface area (Å²) < 4.78 is 6.68. The number of hydrogen-bond donors (Lipinski definition) is 1. The predicted molar refractivity (Wildman–Crippen MR) is 72.3 cm³/mol. The molecule has 0 saturated carbocycles. The molecule has 0 atom stereocenters. The Bertz CT molecular complexity index is 568. The zero-order chi connectivity index (χ0) is 14.4. The second-order valence-corrected chi connectivity index (χ2v) is 4.42. The van der Waals surface area contributed by atoms with Gasteiger partial charge in [-0.05, 0) is 35.4 Å². The van der Waals surface area contributed by atoms with Crippen LogP contribution in [0.15, 0.2) is 24.5 Å². The van der Waals surface area contributed by atoms with E-state index in [1.807, 2.05) is 19.1 Å². The monoisotopic (exact) mass is 275 g/mol. The molecule has 1 aromatic heterocycles. The second-order valence-electron chi connectivity index (χ2n) is 4.42. The SMILES string of the molecule is COc1ccc(C)cc1CCNC(=O)Cn1cnnn1. The molecule has 0 spiro atoms. The topological polar surface area (TPSA) is 81.9 Å². The Morgan fingerprint density at radius 3 is 3.00 bits per heavy atom. The number of carbonyl (C=O) groups excluding carboxylic acids is 1. The molecule has 2 rings (SSSR count). The lowest BCUT2D eigenvalue weighted by Crippen LogP contribution is -2.29. The maximum atomic E-state index is 11.7. The molecular formula is C13H17N5O2. The highest BCUT2D eigenvalue weighted by Gasteiger charge is 2.06. The van der Waals surface area contributed by atoms with E-state index in [2.05, 4.69) is 26.9 Å². The van der Waals surface area contributed by atoms with E-state index in [-0.39, 0.29) is 12.5 Å². The first-order valence-corrected chi connectivity index (χ1v) is 6.30. The number of aromatic nitrogens is 4. The van der Waals surface area contributed by atoms with Gasteiger partial charge in [0.1, 0.15) is 18.6 Å². The summed E-state index contributed by atoms with van der Waals surface area (Å²) in [6.45, 7) is 2.69. The Labute approximate surface area is 116 Å². The van der Waals surface area contributed by atoms with Crippen molar-refractivity contribution >= 4 is 5.91 Å². The van der Waals surface area contributed by atoms with E-state index in [9.17, 15) is 4.79 Å². The highest BCUT2D eigenvalue weighted by molar-refractivity contribution is 5.75. The van der Waals surface area contributed by atoms with Crippen LogP contribution in [0.3, 0.4) is 0 Å². The van der Waals surface area contributed by atoms with E-state index in [4.69, 9.17) is 4.74 Å². The lowest BCUT2D eigenvalue weighted by atomic mass is 10.1. The predicted octanol–water partition coefficient (Wildman–Crippen LogP) is 0.349. The second kappa shape index (κ2) is 6.65. The minimum Gasteiger partial charge on any atom is -0.496 e. The van der Waals surface area contributed by atoms with Gasteiger partial charge in [-0.15, -0.1) is 5.10 Å². The van der Waals surface area contributed by atoms with Crippen molar-refractivity contribution in [2.75, 3.05) is 13.7 Å². The van der Waals surface area contributed by atoms with Gasteiger partial charge in [-0.3, -0.25) is 4.79 Å². The number of aryl methyl sites for hydroxylation is 1. The van der Waals surface area contributed by atoms with Crippen LogP contribution in [0.1, 0.15) is 11.1 Å². The largest absolute Gasteiger partial charge is 0.496 e. The summed E-state index contributed by atoms with van der Waals surface area (Å²) >= 11 is 0. The molecule has 0 aliphatic rings. The van der Waals surface area contributed by atoms with Crippen LogP contribution < -0.4 is 10.1 Å². The van der Waals surface area contributed by atoms with Crippen LogP contribution in [0.4, 0.5) is 0 Å². The first-order valence-electron chi connectivity index (χ1n) is 6.30. The van der Waals surface area contributed by atoms with Gasteiger partial charge in [-0.25, -0.2) is 4.68 Å². The van der Waals surface area contributed by atoms with Gasteiger partial charge in [-0.1, -0.05) is 17.7 Å². The van der Waals surface area contributed by atoms with Gasteiger partial charge in [0.25, 0.3) is 0 Å². The molecular weight excluding hydrogens is 258 g/mol. The lowest BCUT2D eigenvalue weighted by molar-refractivity contribution is -0.121. The van der Waals surface area contributed by atoms with Crippen LogP contribution in [0.2, 0.25) is 0 Å². The lowest BCUT2D eigenvalue weighted by Gasteiger charge is -2.10. The third-order valence-corrected chi connectivity index (χ3v) is 2.85. The molecule has 0 saturated heterocycles. The molecule has 7 nitrogen and oxygen atoms in total. The molecule has 1 aromatic carbocycles. The quantitative estimate of drug-likeness (QED) is 0.822. The van der Waals surface area contributed by atoms with Gasteiger partial charge in [0.15, 0.2) is 0 Å². The standard InChI is InChI=1S/C13H17N5O2/c1-10-3-4-12(20-2)11(7-10)5-6-14-13(19)8-18-9-15-16-17-18/h3-4,7,9H,5-6,8H2,1-2H3,(H,14,19). The zero-order valence-electron chi connectivity index (χ0n) is 11.5. The summed E-state index contributed by atoms with van der Waals surface area (Å²) in [5, 5.41) is 13.4. The van der Waals surface area contributed by atoms with E-state index in [1.165, 1.54) is 16.6 Å². The van der Waals surface area contributed by atoms with Gasteiger partial charge in [0, 0.05) is 6.54 Å². The summed E-state index contributed by atoms with van der Waals surface area (Å²) in [6.07, 6.45) is 2.12. The van der Waals surface area contributed by atoms with E-state index in [0.717, 1.165) is 11.3 Å². The van der Waals surface area contributed by atoms with E-state index in [0.29, 0.717) is 13.0 Å². The van der Waals surface area contributed by atoms with E-state index in [1.54, 1.807) is 7.11 Å². The summed E-state index contributed by atoms with van der Waals surface area (Å²) in [4.78, 5) is 11.7. The molecule has 7 heteroatoms. The number of hydrogen-bond acceptors (Lipinski definition) is 5. The molecule has 0 aliphatic carbocycles. The van der Waals surface area contributed by atoms with Gasteiger partial charge in [0.05, 0.1) is 7.11 Å². The molecule has 0 bridgehead atoms. The number of nitrogens with zero attached hydrogens (tertiary/aromatic N) is 4. The van der Waals surface area contributed by atoms with Gasteiger partial charge < -0.3 is 10.1 Å². The minimum absolute atomic E-state index is 0.121. The first kappa shape index (κ1) is 14.0. The number of nitrogens with one attached hydrogen (secondary N) is 1. The van der Waals surface area contributed by atoms with Crippen LogP contribution in [0, 0.1) is 6.92 Å². The summed E-state index contributed by atoms with van der Waals surface area (Å²) in [5.74, 6) is 0.717. The van der Waals surface area contributed by atoms with E-state index >= 15 is 0 Å². The third-order valence-electron chi connectivity index (χ3n) is 2.85. The first-order chi connectivity index (χ1) is 9.69. The van der Waals surface area contributed by atoms with Crippen molar-refractivity contribution in [2.45, 2.75) is 19.9 Å². The van der Waals surface area contributed by atoms with Crippen LogP contribution in [-0.4, -0.2) is 39.8 Å². The average molecular weight is 275 g/mol. The number of methoxy groups -OCH3 is 1.